The Morgan fingerprint density at radius 2 is 1.11 bits per heavy atom. The van der Waals surface area contributed by atoms with Crippen molar-refractivity contribution in [2.75, 3.05) is 52.7 Å². The van der Waals surface area contributed by atoms with E-state index in [4.69, 9.17) is 20.4 Å². The number of hydrogen-bond acceptors (Lipinski definition) is 15. The predicted octanol–water partition coefficient (Wildman–Crippen LogP) is 11.5. The second kappa shape index (κ2) is 24.6. The molecule has 0 atom stereocenters. The summed E-state index contributed by atoms with van der Waals surface area (Å²) in [6.07, 6.45) is 7.18. The molecule has 5 N–H and O–H groups in total. The van der Waals surface area contributed by atoms with Crippen molar-refractivity contribution in [2.24, 2.45) is 22.3 Å². The molecule has 2 amide bonds. The van der Waals surface area contributed by atoms with Crippen LogP contribution in [0.3, 0.4) is 0 Å². The summed E-state index contributed by atoms with van der Waals surface area (Å²) in [4.78, 5) is 87.3. The van der Waals surface area contributed by atoms with Crippen LogP contribution in [0, 0.1) is 10.8 Å². The Morgan fingerprint density at radius 1 is 0.658 bits per heavy atom. The largest absolute Gasteiger partial charge is 0.481 e. The maximum absolute atomic E-state index is 13.6. The number of aldehydes is 1. The molecule has 15 nitrogen and oxygen atoms in total. The lowest BCUT2D eigenvalue weighted by molar-refractivity contribution is 0.0521. The molecule has 2 aliphatic heterocycles. The number of pyridine rings is 2. The van der Waals surface area contributed by atoms with Crippen molar-refractivity contribution in [2.45, 2.75) is 118 Å². The fourth-order valence-electron chi connectivity index (χ4n) is 10.6. The summed E-state index contributed by atoms with van der Waals surface area (Å²) in [6.45, 7) is 24.2. The lowest BCUT2D eigenvalue weighted by Crippen LogP contribution is -2.46. The van der Waals surface area contributed by atoms with Gasteiger partial charge in [-0.3, -0.25) is 24.0 Å². The minimum Gasteiger partial charge on any atom is -0.481 e. The fraction of sp³-hybridized carbons (Fsp3) is 0.435. The van der Waals surface area contributed by atoms with Crippen LogP contribution in [0.1, 0.15) is 171 Å². The first-order valence-electron chi connectivity index (χ1n) is 27.2. The molecule has 2 fully saturated rings. The molecule has 0 bridgehead atoms. The third-order valence-corrected chi connectivity index (χ3v) is 18.1. The summed E-state index contributed by atoms with van der Waals surface area (Å²) >= 11 is 3.39. The standard InChI is InChI=1S/C30H33N3O3S.C29H33N5O3S.C2H6.CH5N/c1-19(22-14-23(31-26(15-22)36-5)21-8-6-20(18-34)7-9-21)33-12-10-30(11-13-33)16-24(35)27-25(17-30)37-28(32-27)29(2,3)4;1-28(2,3)27-33-24-21(35)15-29(16-22(24)38-27)9-11-34(12-10-29)26(37)19-13-20(32-23(14-19)31-4)17-5-7-18(8-6-17)25(30)36;2*1-2/h6-9,14-15,18H,1,10-13,16-17H2,2-5H3;5-8,13-14H,9-12,15-16H2,1-4H3,(H2,30,36)(H,31,32);1-2H3;2H2,1H3. The number of aromatic nitrogens is 4. The number of likely N-dealkylation sites (tertiary alicyclic amines) is 2. The molecule has 6 heterocycles. The smallest absolute Gasteiger partial charge is 0.254 e. The number of fused-ring (bicyclic) bond motifs is 2. The lowest BCUT2D eigenvalue weighted by atomic mass is 9.68. The summed E-state index contributed by atoms with van der Waals surface area (Å²) in [6, 6.07) is 21.7. The number of nitrogens with two attached hydrogens (primary N) is 2. The molecule has 0 saturated carbocycles. The molecular formula is C62H77N9O6S2. The van der Waals surface area contributed by atoms with E-state index in [1.165, 1.54) is 7.05 Å². The van der Waals surface area contributed by atoms with Crippen molar-refractivity contribution in [1.29, 1.82) is 0 Å². The van der Waals surface area contributed by atoms with Gasteiger partial charge in [0.15, 0.2) is 11.6 Å². The second-order valence-electron chi connectivity index (χ2n) is 22.7. The van der Waals surface area contributed by atoms with Gasteiger partial charge in [0, 0.05) is 112 Å². The van der Waals surface area contributed by atoms with E-state index < -0.39 is 5.91 Å². The van der Waals surface area contributed by atoms with E-state index in [1.54, 1.807) is 85.4 Å². The van der Waals surface area contributed by atoms with Crippen molar-refractivity contribution in [1.82, 2.24) is 29.7 Å². The maximum atomic E-state index is 13.6. The van der Waals surface area contributed by atoms with Crippen LogP contribution in [0.4, 0.5) is 5.82 Å². The van der Waals surface area contributed by atoms with Crippen molar-refractivity contribution < 1.29 is 28.7 Å². The predicted molar refractivity (Wildman–Crippen MR) is 318 cm³/mol. The van der Waals surface area contributed by atoms with Crippen LogP contribution < -0.4 is 21.5 Å². The molecule has 2 spiro atoms. The van der Waals surface area contributed by atoms with Gasteiger partial charge in [-0.2, -0.15) is 0 Å². The number of nitrogens with one attached hydrogen (secondary N) is 1. The number of thiazole rings is 2. The minimum absolute atomic E-state index is 0.00394. The molecule has 0 unspecified atom stereocenters. The van der Waals surface area contributed by atoms with Gasteiger partial charge >= 0.3 is 0 Å². The highest BCUT2D eigenvalue weighted by molar-refractivity contribution is 7.12. The SMILES string of the molecule is C=C(c1cc(OC)nc(-c2ccc(C=O)cc2)c1)N1CCC2(CC1)CC(=O)c1nc(C(C)(C)C)sc1C2.CC.CN.CNc1cc(C(=O)N2CCC3(CC2)CC(=O)c2nc(C(C)(C)C)sc2C3)cc(-c2ccc(C(N)=O)cc2)n1. The van der Waals surface area contributed by atoms with E-state index in [1.807, 2.05) is 43.0 Å². The quantitative estimate of drug-likeness (QED) is 0.115. The van der Waals surface area contributed by atoms with Gasteiger partial charge in [0.1, 0.15) is 23.5 Å². The molecule has 2 aromatic carbocycles. The van der Waals surface area contributed by atoms with Crippen molar-refractivity contribution in [3.8, 4) is 28.4 Å². The molecule has 4 aliphatic rings. The second-order valence-corrected chi connectivity index (χ2v) is 24.9. The van der Waals surface area contributed by atoms with Crippen LogP contribution in [0.2, 0.25) is 0 Å². The molecule has 6 aromatic rings. The molecule has 4 aromatic heterocycles. The Hall–Kier alpha value is -6.95. The van der Waals surface area contributed by atoms with Crippen LogP contribution >= 0.6 is 22.7 Å². The van der Waals surface area contributed by atoms with Crippen LogP contribution in [0.15, 0.2) is 79.4 Å². The summed E-state index contributed by atoms with van der Waals surface area (Å²) < 4.78 is 5.49. The summed E-state index contributed by atoms with van der Waals surface area (Å²) in [7, 11) is 4.87. The maximum Gasteiger partial charge on any atom is 0.254 e. The van der Waals surface area contributed by atoms with E-state index in [-0.39, 0.29) is 39.1 Å². The van der Waals surface area contributed by atoms with E-state index in [0.29, 0.717) is 71.4 Å². The summed E-state index contributed by atoms with van der Waals surface area (Å²) in [5.41, 5.74) is 17.6. The Kier molecular flexibility index (Phi) is 18.6. The topological polar surface area (TPSA) is 217 Å². The van der Waals surface area contributed by atoms with E-state index in [9.17, 15) is 24.0 Å². The Bertz CT molecular complexity index is 3210. The van der Waals surface area contributed by atoms with E-state index in [0.717, 1.165) is 106 Å². The lowest BCUT2D eigenvalue weighted by Gasteiger charge is -2.44. The van der Waals surface area contributed by atoms with Gasteiger partial charge in [-0.15, -0.1) is 22.7 Å². The molecular weight excluding hydrogens is 1030 g/mol. The highest BCUT2D eigenvalue weighted by Crippen LogP contribution is 2.48. The number of methoxy groups -OCH3 is 1. The number of ketones is 2. The highest BCUT2D eigenvalue weighted by atomic mass is 32.1. The van der Waals surface area contributed by atoms with Gasteiger partial charge in [0.05, 0.1) is 28.5 Å². The van der Waals surface area contributed by atoms with Gasteiger partial charge in [0.2, 0.25) is 11.8 Å². The fourth-order valence-corrected chi connectivity index (χ4v) is 13.2. The van der Waals surface area contributed by atoms with Crippen molar-refractivity contribution in [3.05, 3.63) is 133 Å². The minimum atomic E-state index is -0.493. The van der Waals surface area contributed by atoms with Crippen LogP contribution in [0.5, 0.6) is 5.88 Å². The number of Topliss-reactive ketones (excluding diaryl/α,β-unsaturated/α-hetero) is 2. The van der Waals surface area contributed by atoms with Crippen LogP contribution in [-0.4, -0.2) is 107 Å². The number of nitrogens with zero attached hydrogens (tertiary/aromatic N) is 6. The number of ether oxygens (including phenoxy) is 1. The van der Waals surface area contributed by atoms with Gasteiger partial charge in [0.25, 0.3) is 5.91 Å². The summed E-state index contributed by atoms with van der Waals surface area (Å²) in [5.74, 6) is 0.898. The summed E-state index contributed by atoms with van der Waals surface area (Å²) in [5, 5.41) is 5.11. The number of piperidine rings is 2. The van der Waals surface area contributed by atoms with Crippen LogP contribution in [-0.2, 0) is 23.7 Å². The first-order valence-corrected chi connectivity index (χ1v) is 28.8. The van der Waals surface area contributed by atoms with Crippen molar-refractivity contribution >= 4 is 63.9 Å². The molecule has 2 aliphatic carbocycles. The number of carbonyl (C=O) groups is 5. The molecule has 0 radical (unpaired) electrons. The van der Waals surface area contributed by atoms with Crippen LogP contribution in [0.25, 0.3) is 28.2 Å². The molecule has 10 rings (SSSR count). The number of anilines is 1. The Morgan fingerprint density at radius 3 is 1.56 bits per heavy atom. The number of hydrogen-bond donors (Lipinski definition) is 3. The molecule has 418 valence electrons. The zero-order valence-corrected chi connectivity index (χ0v) is 49.4. The first-order chi connectivity index (χ1) is 37.6. The monoisotopic (exact) mass is 1110 g/mol. The van der Waals surface area contributed by atoms with Crippen molar-refractivity contribution in [3.63, 3.8) is 0 Å². The van der Waals surface area contributed by atoms with E-state index >= 15 is 0 Å². The third kappa shape index (κ3) is 13.4. The molecule has 17 heteroatoms. The van der Waals surface area contributed by atoms with Gasteiger partial charge in [-0.25, -0.2) is 19.9 Å². The number of amides is 2. The van der Waals surface area contributed by atoms with Gasteiger partial charge < -0.3 is 31.3 Å². The number of rotatable bonds is 9. The zero-order valence-electron chi connectivity index (χ0n) is 47.8. The zero-order chi connectivity index (χ0) is 57.6. The average molecular weight is 1110 g/mol. The Labute approximate surface area is 473 Å². The number of carbonyl (C=O) groups excluding carboxylic acids is 5. The third-order valence-electron chi connectivity index (χ3n) is 15.1. The molecule has 79 heavy (non-hydrogen) atoms. The first kappa shape index (κ1) is 59.7. The highest BCUT2D eigenvalue weighted by Gasteiger charge is 2.45. The Balaban J connectivity index is 0.000000215. The average Bonchev–Trinajstić information content (AvgIpc) is 4.30. The number of primary amides is 1. The van der Waals surface area contributed by atoms with Gasteiger partial charge in [-0.1, -0.05) is 98.4 Å². The van der Waals surface area contributed by atoms with E-state index in [2.05, 4.69) is 74.0 Å². The number of benzene rings is 2. The van der Waals surface area contributed by atoms with Gasteiger partial charge in [-0.05, 0) is 86.7 Å². The molecule has 2 saturated heterocycles. The normalized spacial score (nSPS) is 16.2.